The summed E-state index contributed by atoms with van der Waals surface area (Å²) in [6, 6.07) is -0.393. The molecule has 0 unspecified atom stereocenters. The molecule has 0 fully saturated rings. The van der Waals surface area contributed by atoms with Gasteiger partial charge in [0, 0.05) is 6.04 Å². The summed E-state index contributed by atoms with van der Waals surface area (Å²) in [6.45, 7) is 5.41. The van der Waals surface area contributed by atoms with E-state index < -0.39 is 12.0 Å². The number of hydrogen-bond acceptors (Lipinski definition) is 5. The first-order valence-electron chi connectivity index (χ1n) is 5.69. The van der Waals surface area contributed by atoms with Gasteiger partial charge in [-0.05, 0) is 12.8 Å². The van der Waals surface area contributed by atoms with Gasteiger partial charge in [-0.2, -0.15) is 0 Å². The quantitative estimate of drug-likeness (QED) is 0.768. The van der Waals surface area contributed by atoms with E-state index in [0.29, 0.717) is 11.4 Å². The van der Waals surface area contributed by atoms with Gasteiger partial charge in [-0.15, -0.1) is 0 Å². The number of carbonyl (C=O) groups excluding carboxylic acids is 1. The van der Waals surface area contributed by atoms with Crippen molar-refractivity contribution in [1.29, 1.82) is 0 Å². The summed E-state index contributed by atoms with van der Waals surface area (Å²) in [5.74, 6) is -1.18. The highest BCUT2D eigenvalue weighted by Crippen LogP contribution is 2.07. The van der Waals surface area contributed by atoms with Gasteiger partial charge in [0.15, 0.2) is 0 Å². The molecule has 1 atom stereocenters. The average Bonchev–Trinajstić information content (AvgIpc) is 2.62. The summed E-state index contributed by atoms with van der Waals surface area (Å²) < 4.78 is 4.49. The van der Waals surface area contributed by atoms with Crippen molar-refractivity contribution in [1.82, 2.24) is 15.6 Å². The Morgan fingerprint density at radius 2 is 2.06 bits per heavy atom. The third-order valence-corrected chi connectivity index (χ3v) is 2.62. The Morgan fingerprint density at radius 1 is 1.39 bits per heavy atom. The molecule has 7 nitrogen and oxygen atoms in total. The fourth-order valence-corrected chi connectivity index (χ4v) is 1.46. The Hall–Kier alpha value is -1.92. The van der Waals surface area contributed by atoms with Crippen LogP contribution in [0.25, 0.3) is 0 Å². The molecule has 1 amide bonds. The maximum Gasteiger partial charge on any atom is 0.305 e. The number of aliphatic carboxylic acids is 1. The van der Waals surface area contributed by atoms with E-state index in [-0.39, 0.29) is 24.7 Å². The van der Waals surface area contributed by atoms with Gasteiger partial charge in [-0.3, -0.25) is 9.59 Å². The Bertz CT molecular complexity index is 428. The molecule has 0 bridgehead atoms. The van der Waals surface area contributed by atoms with E-state index in [9.17, 15) is 9.59 Å². The highest BCUT2D eigenvalue weighted by molar-refractivity contribution is 5.79. The van der Waals surface area contributed by atoms with Crippen molar-refractivity contribution < 1.29 is 19.3 Å². The molecule has 0 aromatic carbocycles. The molecule has 0 spiro atoms. The number of nitrogens with zero attached hydrogens (tertiary/aromatic N) is 2. The molecule has 7 heteroatoms. The predicted octanol–water partition coefficient (Wildman–Crippen LogP) is 0.536. The molecule has 18 heavy (non-hydrogen) atoms. The highest BCUT2D eigenvalue weighted by atomic mass is 16.6. The molecule has 0 aliphatic rings. The molecule has 1 rings (SSSR count). The number of rotatable bonds is 6. The molecule has 100 valence electrons. The van der Waals surface area contributed by atoms with Crippen molar-refractivity contribution in [2.75, 3.05) is 0 Å². The van der Waals surface area contributed by atoms with E-state index in [2.05, 4.69) is 20.3 Å². The molecule has 0 aliphatic carbocycles. The minimum Gasteiger partial charge on any atom is -0.481 e. The predicted molar refractivity (Wildman–Crippen MR) is 61.8 cm³/mol. The maximum absolute atomic E-state index is 11.7. The van der Waals surface area contributed by atoms with E-state index in [1.54, 1.807) is 6.92 Å². The molecular weight excluding hydrogens is 238 g/mol. The molecular formula is C11H17N3O4. The van der Waals surface area contributed by atoms with Gasteiger partial charge in [0.05, 0.1) is 12.8 Å². The summed E-state index contributed by atoms with van der Waals surface area (Å²) in [5.41, 5.74) is 1.02. The van der Waals surface area contributed by atoms with E-state index >= 15 is 0 Å². The fraction of sp³-hybridized carbons (Fsp3) is 0.636. The highest BCUT2D eigenvalue weighted by Gasteiger charge is 2.20. The van der Waals surface area contributed by atoms with Crippen LogP contribution in [0.3, 0.4) is 0 Å². The van der Waals surface area contributed by atoms with Crippen molar-refractivity contribution in [2.45, 2.75) is 39.7 Å². The van der Waals surface area contributed by atoms with E-state index in [1.165, 1.54) is 0 Å². The van der Waals surface area contributed by atoms with Crippen LogP contribution in [-0.4, -0.2) is 33.3 Å². The third-order valence-electron chi connectivity index (χ3n) is 2.62. The van der Waals surface area contributed by atoms with E-state index in [4.69, 9.17) is 5.11 Å². The lowest BCUT2D eigenvalue weighted by molar-refractivity contribution is -0.138. The number of carboxylic acid groups (broad SMARTS) is 1. The van der Waals surface area contributed by atoms with Crippen LogP contribution in [0.15, 0.2) is 4.63 Å². The van der Waals surface area contributed by atoms with Gasteiger partial charge >= 0.3 is 5.97 Å². The van der Waals surface area contributed by atoms with Crippen molar-refractivity contribution in [3.63, 3.8) is 0 Å². The maximum atomic E-state index is 11.7. The van der Waals surface area contributed by atoms with Crippen LogP contribution in [0.1, 0.15) is 31.7 Å². The molecule has 0 saturated heterocycles. The van der Waals surface area contributed by atoms with Crippen LogP contribution >= 0.6 is 0 Å². The lowest BCUT2D eigenvalue weighted by Gasteiger charge is -2.20. The number of aromatic nitrogens is 2. The van der Waals surface area contributed by atoms with Gasteiger partial charge in [0.1, 0.15) is 11.4 Å². The first-order chi connectivity index (χ1) is 8.40. The number of carbonyl (C=O) groups is 2. The second kappa shape index (κ2) is 6.13. The Kier molecular flexibility index (Phi) is 4.82. The number of nitrogens with one attached hydrogen (secondary N) is 1. The second-order valence-corrected chi connectivity index (χ2v) is 4.49. The largest absolute Gasteiger partial charge is 0.481 e. The first kappa shape index (κ1) is 14.1. The van der Waals surface area contributed by atoms with Gasteiger partial charge in [0.25, 0.3) is 0 Å². The molecule has 1 aromatic rings. The fourth-order valence-electron chi connectivity index (χ4n) is 1.46. The van der Waals surface area contributed by atoms with E-state index in [0.717, 1.165) is 0 Å². The van der Waals surface area contributed by atoms with Crippen LogP contribution in [0.2, 0.25) is 0 Å². The third kappa shape index (κ3) is 4.15. The first-order valence-corrected chi connectivity index (χ1v) is 5.69. The zero-order chi connectivity index (χ0) is 13.7. The average molecular weight is 255 g/mol. The Labute approximate surface area is 105 Å². The van der Waals surface area contributed by atoms with Crippen LogP contribution < -0.4 is 5.32 Å². The van der Waals surface area contributed by atoms with Crippen LogP contribution in [0, 0.1) is 12.8 Å². The summed E-state index contributed by atoms with van der Waals surface area (Å²) in [5, 5.41) is 18.6. The van der Waals surface area contributed by atoms with Crippen molar-refractivity contribution in [3.8, 4) is 0 Å². The molecule has 2 N–H and O–H groups in total. The lowest BCUT2D eigenvalue weighted by atomic mass is 10.0. The Balaban J connectivity index is 2.56. The van der Waals surface area contributed by atoms with Crippen LogP contribution in [0.4, 0.5) is 0 Å². The minimum absolute atomic E-state index is 0.0399. The van der Waals surface area contributed by atoms with E-state index in [1.807, 2.05) is 13.8 Å². The number of aryl methyl sites for hydroxylation is 1. The van der Waals surface area contributed by atoms with Crippen molar-refractivity contribution in [3.05, 3.63) is 11.4 Å². The zero-order valence-electron chi connectivity index (χ0n) is 10.6. The number of hydrogen-bond donors (Lipinski definition) is 2. The summed E-state index contributed by atoms with van der Waals surface area (Å²) in [7, 11) is 0. The molecule has 1 aromatic heterocycles. The number of amides is 1. The minimum atomic E-state index is -0.937. The standard InChI is InChI=1S/C11H17N3O4/c1-6(2)8(5-11(16)17)12-10(15)4-9-7(3)13-18-14-9/h6,8H,4-5H2,1-3H3,(H,12,15)(H,16,17)/t8-/m0/s1. The van der Waals surface area contributed by atoms with Crippen molar-refractivity contribution in [2.24, 2.45) is 5.92 Å². The van der Waals surface area contributed by atoms with Gasteiger partial charge in [-0.1, -0.05) is 24.2 Å². The number of carboxylic acids is 1. The molecule has 0 saturated carbocycles. The van der Waals surface area contributed by atoms with Gasteiger partial charge in [0.2, 0.25) is 5.91 Å². The zero-order valence-corrected chi connectivity index (χ0v) is 10.6. The molecule has 1 heterocycles. The molecule has 0 radical (unpaired) electrons. The van der Waals surface area contributed by atoms with Crippen LogP contribution in [-0.2, 0) is 16.0 Å². The molecule has 0 aliphatic heterocycles. The summed E-state index contributed by atoms with van der Waals surface area (Å²) >= 11 is 0. The lowest BCUT2D eigenvalue weighted by Crippen LogP contribution is -2.40. The summed E-state index contributed by atoms with van der Waals surface area (Å²) in [4.78, 5) is 22.4. The monoisotopic (exact) mass is 255 g/mol. The smallest absolute Gasteiger partial charge is 0.305 e. The summed E-state index contributed by atoms with van der Waals surface area (Å²) in [6.07, 6.45) is -0.0579. The SMILES string of the molecule is Cc1nonc1CC(=O)N[C@@H](CC(=O)O)C(C)C. The van der Waals surface area contributed by atoms with Crippen molar-refractivity contribution >= 4 is 11.9 Å². The normalized spacial score (nSPS) is 12.4. The topological polar surface area (TPSA) is 105 Å². The van der Waals surface area contributed by atoms with Gasteiger partial charge < -0.3 is 10.4 Å². The second-order valence-electron chi connectivity index (χ2n) is 4.49. The van der Waals surface area contributed by atoms with Gasteiger partial charge in [-0.25, -0.2) is 4.63 Å². The Morgan fingerprint density at radius 3 is 2.50 bits per heavy atom. The van der Waals surface area contributed by atoms with Crippen LogP contribution in [0.5, 0.6) is 0 Å².